The number of amides is 1. The number of benzene rings is 2. The quantitative estimate of drug-likeness (QED) is 0.377. The summed E-state index contributed by atoms with van der Waals surface area (Å²) < 4.78 is 0. The molecule has 0 spiro atoms. The van der Waals surface area contributed by atoms with Gasteiger partial charge in [-0.25, -0.2) is 0 Å². The van der Waals surface area contributed by atoms with Crippen LogP contribution in [0.15, 0.2) is 66.1 Å². The summed E-state index contributed by atoms with van der Waals surface area (Å²) in [4.78, 5) is 25.1. The van der Waals surface area contributed by atoms with Gasteiger partial charge in [-0.2, -0.15) is 0 Å². The molecule has 0 unspecified atom stereocenters. The average molecular weight is 407 g/mol. The van der Waals surface area contributed by atoms with Crippen LogP contribution in [0.2, 0.25) is 0 Å². The molecular formula is C23H21NO4S. The summed E-state index contributed by atoms with van der Waals surface area (Å²) in [6.45, 7) is 0. The molecule has 0 fully saturated rings. The minimum absolute atomic E-state index is 0.0362. The Hall–Kier alpha value is -3.38. The maximum atomic E-state index is 12.1. The summed E-state index contributed by atoms with van der Waals surface area (Å²) in [5.74, 6) is -0.506. The molecule has 0 saturated heterocycles. The molecule has 148 valence electrons. The first-order valence-corrected chi connectivity index (χ1v) is 10.0. The second kappa shape index (κ2) is 9.71. The third-order valence-electron chi connectivity index (χ3n) is 4.27. The van der Waals surface area contributed by atoms with Crippen LogP contribution in [0.4, 0.5) is 5.69 Å². The van der Waals surface area contributed by atoms with E-state index in [9.17, 15) is 19.8 Å². The molecule has 0 aliphatic carbocycles. The Labute approximate surface area is 173 Å². The third kappa shape index (κ3) is 6.33. The number of anilines is 1. The average Bonchev–Trinajstić information content (AvgIpc) is 3.21. The highest BCUT2D eigenvalue weighted by Gasteiger charge is 2.06. The third-order valence-corrected chi connectivity index (χ3v) is 5.15. The fourth-order valence-electron chi connectivity index (χ4n) is 2.72. The molecule has 6 heteroatoms. The first-order chi connectivity index (χ1) is 14.0. The molecule has 3 aromatic rings. The van der Waals surface area contributed by atoms with Gasteiger partial charge in [0, 0.05) is 17.0 Å². The topological polar surface area (TPSA) is 86.6 Å². The molecule has 1 heterocycles. The second-order valence-electron chi connectivity index (χ2n) is 6.55. The summed E-state index contributed by atoms with van der Waals surface area (Å²) >= 11 is 1.56. The molecule has 0 atom stereocenters. The van der Waals surface area contributed by atoms with E-state index in [4.69, 9.17) is 0 Å². The number of phenolic OH excluding ortho intramolecular Hbond substituents is 2. The molecule has 3 rings (SSSR count). The van der Waals surface area contributed by atoms with Crippen LogP contribution in [-0.2, 0) is 22.4 Å². The van der Waals surface area contributed by atoms with Gasteiger partial charge in [-0.05, 0) is 59.3 Å². The number of hydrogen-bond donors (Lipinski definition) is 3. The predicted octanol–water partition coefficient (Wildman–Crippen LogP) is 4.56. The van der Waals surface area contributed by atoms with Crippen molar-refractivity contribution in [3.63, 3.8) is 0 Å². The number of allylic oxidation sites excluding steroid dienone is 1. The van der Waals surface area contributed by atoms with Gasteiger partial charge >= 0.3 is 0 Å². The van der Waals surface area contributed by atoms with Crippen LogP contribution in [0.25, 0.3) is 6.08 Å². The van der Waals surface area contributed by atoms with E-state index in [1.54, 1.807) is 23.5 Å². The Kier molecular flexibility index (Phi) is 6.81. The highest BCUT2D eigenvalue weighted by molar-refractivity contribution is 7.10. The van der Waals surface area contributed by atoms with Crippen LogP contribution in [0.1, 0.15) is 22.4 Å². The van der Waals surface area contributed by atoms with Crippen LogP contribution < -0.4 is 5.32 Å². The molecule has 0 aliphatic rings. The van der Waals surface area contributed by atoms with Gasteiger partial charge in [-0.15, -0.1) is 11.3 Å². The monoisotopic (exact) mass is 407 g/mol. The van der Waals surface area contributed by atoms with Gasteiger partial charge in [0.2, 0.25) is 5.91 Å². The number of rotatable bonds is 8. The molecule has 0 bridgehead atoms. The maximum Gasteiger partial charge on any atom is 0.229 e. The molecule has 5 nitrogen and oxygen atoms in total. The van der Waals surface area contributed by atoms with Gasteiger partial charge in [0.1, 0.15) is 0 Å². The Morgan fingerprint density at radius 1 is 1.00 bits per heavy atom. The molecule has 3 N–H and O–H groups in total. The van der Waals surface area contributed by atoms with E-state index >= 15 is 0 Å². The summed E-state index contributed by atoms with van der Waals surface area (Å²) in [5.41, 5.74) is 2.37. The Morgan fingerprint density at radius 3 is 2.48 bits per heavy atom. The van der Waals surface area contributed by atoms with Crippen molar-refractivity contribution >= 4 is 34.8 Å². The van der Waals surface area contributed by atoms with E-state index in [0.717, 1.165) is 16.1 Å². The van der Waals surface area contributed by atoms with Crippen molar-refractivity contribution in [2.75, 3.05) is 5.32 Å². The van der Waals surface area contributed by atoms with Crippen LogP contribution in [0.3, 0.4) is 0 Å². The lowest BCUT2D eigenvalue weighted by atomic mass is 10.1. The first kappa shape index (κ1) is 20.4. The molecule has 2 aromatic carbocycles. The zero-order chi connectivity index (χ0) is 20.6. The number of carbonyl (C=O) groups is 2. The zero-order valence-corrected chi connectivity index (χ0v) is 16.5. The van der Waals surface area contributed by atoms with Gasteiger partial charge in [0.05, 0.1) is 6.42 Å². The van der Waals surface area contributed by atoms with Crippen molar-refractivity contribution in [1.82, 2.24) is 0 Å². The minimum atomic E-state index is -0.220. The van der Waals surface area contributed by atoms with Crippen LogP contribution in [0.5, 0.6) is 11.5 Å². The van der Waals surface area contributed by atoms with Crippen molar-refractivity contribution in [3.05, 3.63) is 82.1 Å². The normalized spacial score (nSPS) is 10.9. The summed E-state index contributed by atoms with van der Waals surface area (Å²) in [6, 6.07) is 15.7. The number of carbonyl (C=O) groups excluding carboxylic acids is 2. The van der Waals surface area contributed by atoms with Crippen LogP contribution in [0, 0.1) is 0 Å². The summed E-state index contributed by atoms with van der Waals surface area (Å²) in [6.07, 6.45) is 4.37. The number of hydrogen-bond acceptors (Lipinski definition) is 5. The molecule has 0 saturated carbocycles. The summed E-state index contributed by atoms with van der Waals surface area (Å²) in [7, 11) is 0. The molecule has 0 radical (unpaired) electrons. The Bertz CT molecular complexity index is 1010. The van der Waals surface area contributed by atoms with E-state index in [2.05, 4.69) is 5.32 Å². The van der Waals surface area contributed by atoms with E-state index in [-0.39, 0.29) is 23.2 Å². The largest absolute Gasteiger partial charge is 0.504 e. The van der Waals surface area contributed by atoms with Crippen molar-refractivity contribution in [1.29, 1.82) is 0 Å². The number of ketones is 1. The second-order valence-corrected chi connectivity index (χ2v) is 7.58. The molecular weight excluding hydrogens is 386 g/mol. The minimum Gasteiger partial charge on any atom is -0.504 e. The Balaban J connectivity index is 1.46. The van der Waals surface area contributed by atoms with Gasteiger partial charge in [-0.3, -0.25) is 9.59 Å². The lowest BCUT2D eigenvalue weighted by molar-refractivity contribution is -0.116. The van der Waals surface area contributed by atoms with Gasteiger partial charge in [0.15, 0.2) is 17.3 Å². The van der Waals surface area contributed by atoms with Crippen LogP contribution in [-0.4, -0.2) is 21.9 Å². The number of nitrogens with one attached hydrogen (secondary N) is 1. The van der Waals surface area contributed by atoms with E-state index in [1.807, 2.05) is 41.8 Å². The van der Waals surface area contributed by atoms with E-state index < -0.39 is 0 Å². The van der Waals surface area contributed by atoms with Crippen molar-refractivity contribution in [2.45, 2.75) is 19.3 Å². The lowest BCUT2D eigenvalue weighted by Crippen LogP contribution is -2.13. The fourth-order valence-corrected chi connectivity index (χ4v) is 3.42. The van der Waals surface area contributed by atoms with Gasteiger partial charge in [0.25, 0.3) is 0 Å². The highest BCUT2D eigenvalue weighted by Crippen LogP contribution is 2.25. The molecule has 1 aromatic heterocycles. The molecule has 29 heavy (non-hydrogen) atoms. The van der Waals surface area contributed by atoms with Crippen molar-refractivity contribution in [3.8, 4) is 11.5 Å². The molecule has 1 amide bonds. The highest BCUT2D eigenvalue weighted by atomic mass is 32.1. The SMILES string of the molecule is O=C(/C=C/c1ccc(O)c(O)c1)CCc1ccc(NC(=O)Cc2cccs2)cc1. The van der Waals surface area contributed by atoms with Gasteiger partial charge in [-0.1, -0.05) is 30.3 Å². The van der Waals surface area contributed by atoms with E-state index in [1.165, 1.54) is 18.2 Å². The Morgan fingerprint density at radius 2 is 1.79 bits per heavy atom. The lowest BCUT2D eigenvalue weighted by Gasteiger charge is -2.06. The molecule has 0 aliphatic heterocycles. The van der Waals surface area contributed by atoms with Gasteiger partial charge < -0.3 is 15.5 Å². The zero-order valence-electron chi connectivity index (χ0n) is 15.7. The van der Waals surface area contributed by atoms with Crippen molar-refractivity contribution in [2.24, 2.45) is 0 Å². The number of aromatic hydroxyl groups is 2. The first-order valence-electron chi connectivity index (χ1n) is 9.13. The fraction of sp³-hybridized carbons (Fsp3) is 0.130. The maximum absolute atomic E-state index is 12.1. The smallest absolute Gasteiger partial charge is 0.229 e. The predicted molar refractivity (Wildman–Crippen MR) is 115 cm³/mol. The standard InChI is InChI=1S/C23H21NO4S/c25-19(11-6-17-7-12-21(26)22(27)14-17)10-5-16-3-8-18(9-4-16)24-23(28)15-20-2-1-13-29-20/h1-4,6-9,11-14,26-27H,5,10,15H2,(H,24,28)/b11-6+. The number of aryl methyl sites for hydroxylation is 1. The number of thiophene rings is 1. The number of phenols is 2. The van der Waals surface area contributed by atoms with Crippen LogP contribution >= 0.6 is 11.3 Å². The van der Waals surface area contributed by atoms with Crippen molar-refractivity contribution < 1.29 is 19.8 Å². The van der Waals surface area contributed by atoms with E-state index in [0.29, 0.717) is 24.8 Å². The summed E-state index contributed by atoms with van der Waals surface area (Å²) in [5, 5.41) is 23.6.